The van der Waals surface area contributed by atoms with E-state index in [0.717, 1.165) is 5.56 Å². The number of nitro groups is 1. The number of benzene rings is 2. The van der Waals surface area contributed by atoms with E-state index in [4.69, 9.17) is 10.5 Å². The van der Waals surface area contributed by atoms with Gasteiger partial charge in [-0.05, 0) is 11.1 Å². The molecular weight excluding hydrogens is 366 g/mol. The molecule has 2 aromatic carbocycles. The lowest BCUT2D eigenvalue weighted by molar-refractivity contribution is -0.384. The van der Waals surface area contributed by atoms with Crippen molar-refractivity contribution < 1.29 is 24.0 Å². The zero-order chi connectivity index (χ0) is 20.5. The number of nitrogens with zero attached hydrogens (tertiary/aromatic N) is 1. The third-order valence-corrected chi connectivity index (χ3v) is 3.78. The lowest BCUT2D eigenvalue weighted by Gasteiger charge is -2.15. The number of esters is 1. The summed E-state index contributed by atoms with van der Waals surface area (Å²) in [7, 11) is 0. The van der Waals surface area contributed by atoms with Gasteiger partial charge in [0.25, 0.3) is 5.69 Å². The van der Waals surface area contributed by atoms with Gasteiger partial charge in [0, 0.05) is 12.1 Å². The van der Waals surface area contributed by atoms with E-state index < -0.39 is 35.2 Å². The van der Waals surface area contributed by atoms with E-state index in [-0.39, 0.29) is 18.7 Å². The van der Waals surface area contributed by atoms with Crippen LogP contribution in [0.25, 0.3) is 0 Å². The van der Waals surface area contributed by atoms with Gasteiger partial charge in [-0.3, -0.25) is 24.5 Å². The van der Waals surface area contributed by atoms with Crippen LogP contribution in [0.3, 0.4) is 0 Å². The van der Waals surface area contributed by atoms with Gasteiger partial charge in [0.15, 0.2) is 0 Å². The molecule has 9 heteroatoms. The Kier molecular flexibility index (Phi) is 7.21. The van der Waals surface area contributed by atoms with Crippen LogP contribution in [0.4, 0.5) is 5.69 Å². The minimum absolute atomic E-state index is 0.0345. The number of primary amides is 1. The number of nitro benzene ring substituents is 1. The van der Waals surface area contributed by atoms with Gasteiger partial charge in [-0.25, -0.2) is 0 Å². The number of carbonyl (C=O) groups excluding carboxylic acids is 3. The Hall–Kier alpha value is -3.75. The zero-order valence-corrected chi connectivity index (χ0v) is 14.9. The first-order valence-electron chi connectivity index (χ1n) is 8.36. The van der Waals surface area contributed by atoms with Crippen LogP contribution in [0, 0.1) is 10.1 Å². The second-order valence-corrected chi connectivity index (χ2v) is 5.98. The molecule has 0 heterocycles. The molecule has 0 saturated heterocycles. The lowest BCUT2D eigenvalue weighted by atomic mass is 10.1. The fourth-order valence-electron chi connectivity index (χ4n) is 2.40. The van der Waals surface area contributed by atoms with Gasteiger partial charge in [-0.2, -0.15) is 0 Å². The minimum atomic E-state index is -1.24. The average Bonchev–Trinajstić information content (AvgIpc) is 2.66. The number of hydrogen-bond acceptors (Lipinski definition) is 6. The van der Waals surface area contributed by atoms with Crippen LogP contribution in [-0.2, 0) is 32.1 Å². The Balaban J connectivity index is 1.90. The predicted molar refractivity (Wildman–Crippen MR) is 98.8 cm³/mol. The number of non-ortho nitro benzene ring substituents is 1. The van der Waals surface area contributed by atoms with E-state index in [0.29, 0.717) is 5.56 Å². The molecule has 2 amide bonds. The van der Waals surface area contributed by atoms with E-state index in [1.165, 1.54) is 18.2 Å². The molecule has 0 spiro atoms. The highest BCUT2D eigenvalue weighted by Crippen LogP contribution is 2.13. The fraction of sp³-hybridized carbons (Fsp3) is 0.211. The van der Waals surface area contributed by atoms with Gasteiger partial charge in [0.1, 0.15) is 12.6 Å². The van der Waals surface area contributed by atoms with E-state index in [2.05, 4.69) is 5.32 Å². The van der Waals surface area contributed by atoms with Gasteiger partial charge in [0.05, 0.1) is 17.8 Å². The summed E-state index contributed by atoms with van der Waals surface area (Å²) in [6, 6.07) is 13.3. The van der Waals surface area contributed by atoms with Crippen molar-refractivity contribution in [3.63, 3.8) is 0 Å². The van der Waals surface area contributed by atoms with Crippen molar-refractivity contribution in [1.82, 2.24) is 5.32 Å². The van der Waals surface area contributed by atoms with Gasteiger partial charge in [-0.1, -0.05) is 42.5 Å². The fourth-order valence-corrected chi connectivity index (χ4v) is 2.40. The molecule has 9 nitrogen and oxygen atoms in total. The molecule has 0 aliphatic rings. The second-order valence-electron chi connectivity index (χ2n) is 5.98. The highest BCUT2D eigenvalue weighted by molar-refractivity contribution is 5.90. The molecule has 0 aliphatic heterocycles. The maximum absolute atomic E-state index is 12.1. The van der Waals surface area contributed by atoms with Crippen molar-refractivity contribution >= 4 is 23.5 Å². The maximum atomic E-state index is 12.1. The van der Waals surface area contributed by atoms with Crippen molar-refractivity contribution in [2.45, 2.75) is 25.5 Å². The molecule has 0 radical (unpaired) electrons. The monoisotopic (exact) mass is 385 g/mol. The molecule has 0 bridgehead atoms. The van der Waals surface area contributed by atoms with Gasteiger partial charge < -0.3 is 15.8 Å². The molecule has 0 aromatic heterocycles. The molecule has 28 heavy (non-hydrogen) atoms. The number of amides is 2. The van der Waals surface area contributed by atoms with E-state index in [1.807, 2.05) is 6.07 Å². The highest BCUT2D eigenvalue weighted by atomic mass is 16.6. The zero-order valence-electron chi connectivity index (χ0n) is 14.9. The van der Waals surface area contributed by atoms with Crippen LogP contribution in [0.1, 0.15) is 17.5 Å². The number of ether oxygens (including phenoxy) is 1. The highest BCUT2D eigenvalue weighted by Gasteiger charge is 2.23. The SMILES string of the molecule is NC(=O)[C@H](CC(=O)OCc1ccccc1)NC(=O)Cc1cccc([N+](=O)[O-])c1. The molecule has 0 aliphatic carbocycles. The number of carbonyl (C=O) groups is 3. The summed E-state index contributed by atoms with van der Waals surface area (Å²) >= 11 is 0. The van der Waals surface area contributed by atoms with Crippen LogP contribution in [0.2, 0.25) is 0 Å². The summed E-state index contributed by atoms with van der Waals surface area (Å²) < 4.78 is 5.08. The van der Waals surface area contributed by atoms with Crippen molar-refractivity contribution in [2.24, 2.45) is 5.73 Å². The Morgan fingerprint density at radius 2 is 1.75 bits per heavy atom. The first kappa shape index (κ1) is 20.6. The molecule has 2 aromatic rings. The van der Waals surface area contributed by atoms with Crippen LogP contribution in [0.5, 0.6) is 0 Å². The third kappa shape index (κ3) is 6.52. The van der Waals surface area contributed by atoms with E-state index in [1.54, 1.807) is 30.3 Å². The van der Waals surface area contributed by atoms with Crippen molar-refractivity contribution in [1.29, 1.82) is 0 Å². The van der Waals surface area contributed by atoms with E-state index in [9.17, 15) is 24.5 Å². The van der Waals surface area contributed by atoms with Crippen molar-refractivity contribution in [3.8, 4) is 0 Å². The Morgan fingerprint density at radius 3 is 2.39 bits per heavy atom. The van der Waals surface area contributed by atoms with Gasteiger partial charge in [-0.15, -0.1) is 0 Å². The molecule has 0 fully saturated rings. The number of hydrogen-bond donors (Lipinski definition) is 2. The summed E-state index contributed by atoms with van der Waals surface area (Å²) in [5, 5.41) is 13.1. The molecule has 2 rings (SSSR count). The molecule has 1 atom stereocenters. The largest absolute Gasteiger partial charge is 0.461 e. The normalized spacial score (nSPS) is 11.3. The summed E-state index contributed by atoms with van der Waals surface area (Å²) in [5.41, 5.74) is 6.26. The molecule has 0 unspecified atom stereocenters. The summed E-state index contributed by atoms with van der Waals surface area (Å²) in [6.07, 6.45) is -0.618. The summed E-state index contributed by atoms with van der Waals surface area (Å²) in [5.74, 6) is -2.17. The standard InChI is InChI=1S/C19H19N3O6/c20-19(25)16(11-18(24)28-12-13-5-2-1-3-6-13)21-17(23)10-14-7-4-8-15(9-14)22(26)27/h1-9,16H,10-12H2,(H2,20,25)(H,21,23)/t16-/m0/s1. The smallest absolute Gasteiger partial charge is 0.308 e. The second kappa shape index (κ2) is 9.81. The minimum Gasteiger partial charge on any atom is -0.461 e. The Labute approximate surface area is 160 Å². The topological polar surface area (TPSA) is 142 Å². The third-order valence-electron chi connectivity index (χ3n) is 3.78. The van der Waals surface area contributed by atoms with Crippen LogP contribution in [-0.4, -0.2) is 28.7 Å². The van der Waals surface area contributed by atoms with Crippen molar-refractivity contribution in [3.05, 3.63) is 75.8 Å². The molecule has 3 N–H and O–H groups in total. The number of rotatable bonds is 9. The summed E-state index contributed by atoms with van der Waals surface area (Å²) in [6.45, 7) is 0.0345. The van der Waals surface area contributed by atoms with Gasteiger partial charge >= 0.3 is 5.97 Å². The van der Waals surface area contributed by atoms with Gasteiger partial charge in [0.2, 0.25) is 11.8 Å². The van der Waals surface area contributed by atoms with Crippen LogP contribution in [0.15, 0.2) is 54.6 Å². The first-order valence-corrected chi connectivity index (χ1v) is 8.36. The van der Waals surface area contributed by atoms with Crippen molar-refractivity contribution in [2.75, 3.05) is 0 Å². The average molecular weight is 385 g/mol. The predicted octanol–water partition coefficient (Wildman–Crippen LogP) is 1.24. The molecule has 0 saturated carbocycles. The molecular formula is C19H19N3O6. The Bertz CT molecular complexity index is 869. The number of nitrogens with one attached hydrogen (secondary N) is 1. The lowest BCUT2D eigenvalue weighted by Crippen LogP contribution is -2.46. The molecule has 146 valence electrons. The number of nitrogens with two attached hydrogens (primary N) is 1. The maximum Gasteiger partial charge on any atom is 0.308 e. The quantitative estimate of drug-likeness (QED) is 0.378. The first-order chi connectivity index (χ1) is 13.3. The Morgan fingerprint density at radius 1 is 1.07 bits per heavy atom. The summed E-state index contributed by atoms with van der Waals surface area (Å²) in [4.78, 5) is 45.8. The van der Waals surface area contributed by atoms with Crippen LogP contribution < -0.4 is 11.1 Å². The van der Waals surface area contributed by atoms with Crippen LogP contribution >= 0.6 is 0 Å². The van der Waals surface area contributed by atoms with E-state index >= 15 is 0 Å².